The molecule has 1 atom stereocenters. The number of carbonyl (C=O) groups is 1. The largest absolute Gasteiger partial charge is 0.391 e. The monoisotopic (exact) mass is 309 g/mol. The van der Waals surface area contributed by atoms with Crippen LogP contribution in [0.2, 0.25) is 0 Å². The third-order valence-corrected chi connectivity index (χ3v) is 3.53. The van der Waals surface area contributed by atoms with Gasteiger partial charge < -0.3 is 10.0 Å². The first kappa shape index (κ1) is 13.3. The van der Waals surface area contributed by atoms with Crippen molar-refractivity contribution in [3.05, 3.63) is 40.4 Å². The Kier molecular flexibility index (Phi) is 4.55. The van der Waals surface area contributed by atoms with Gasteiger partial charge in [0.15, 0.2) is 0 Å². The molecule has 0 aliphatic carbocycles. The van der Waals surface area contributed by atoms with Crippen molar-refractivity contribution in [3.63, 3.8) is 0 Å². The topological polar surface area (TPSA) is 40.5 Å². The van der Waals surface area contributed by atoms with Crippen LogP contribution in [0.3, 0.4) is 0 Å². The summed E-state index contributed by atoms with van der Waals surface area (Å²) in [5.74, 6) is -0.0309. The summed E-state index contributed by atoms with van der Waals surface area (Å²) >= 11 is 3.37. The average molecular weight is 310 g/mol. The minimum Gasteiger partial charge on any atom is -0.391 e. The Morgan fingerprint density at radius 2 is 2.11 bits per heavy atom. The summed E-state index contributed by atoms with van der Waals surface area (Å²) < 4.78 is 1.02. The van der Waals surface area contributed by atoms with Crippen LogP contribution in [0.4, 0.5) is 0 Å². The fraction of sp³-hybridized carbons (Fsp3) is 0.357. The number of hydrogen-bond acceptors (Lipinski definition) is 2. The van der Waals surface area contributed by atoms with E-state index >= 15 is 0 Å². The number of benzene rings is 1. The predicted octanol–water partition coefficient (Wildman–Crippen LogP) is 2.45. The molecule has 1 aliphatic rings. The summed E-state index contributed by atoms with van der Waals surface area (Å²) in [6.07, 6.45) is 4.67. The zero-order valence-electron chi connectivity index (χ0n) is 10.1. The number of carbonyl (C=O) groups excluding carboxylic acids is 1. The normalized spacial score (nSPS) is 20.3. The van der Waals surface area contributed by atoms with E-state index in [9.17, 15) is 9.90 Å². The second-order valence-electron chi connectivity index (χ2n) is 4.47. The Balaban J connectivity index is 1.96. The van der Waals surface area contributed by atoms with Crippen molar-refractivity contribution >= 4 is 27.9 Å². The van der Waals surface area contributed by atoms with Gasteiger partial charge in [0.05, 0.1) is 6.10 Å². The maximum absolute atomic E-state index is 11.9. The van der Waals surface area contributed by atoms with Gasteiger partial charge in [-0.25, -0.2) is 0 Å². The maximum Gasteiger partial charge on any atom is 0.246 e. The molecule has 1 heterocycles. The van der Waals surface area contributed by atoms with E-state index < -0.39 is 0 Å². The molecule has 1 aromatic carbocycles. The molecule has 1 amide bonds. The van der Waals surface area contributed by atoms with Gasteiger partial charge in [0.1, 0.15) is 0 Å². The number of aliphatic hydroxyl groups is 1. The minimum atomic E-state index is -0.371. The zero-order valence-corrected chi connectivity index (χ0v) is 11.6. The van der Waals surface area contributed by atoms with Crippen molar-refractivity contribution in [2.75, 3.05) is 13.1 Å². The highest BCUT2D eigenvalue weighted by Gasteiger charge is 2.20. The highest BCUT2D eigenvalue weighted by atomic mass is 79.9. The van der Waals surface area contributed by atoms with Crippen molar-refractivity contribution < 1.29 is 9.90 Å². The van der Waals surface area contributed by atoms with Crippen LogP contribution in [0, 0.1) is 0 Å². The molecule has 0 spiro atoms. The van der Waals surface area contributed by atoms with Gasteiger partial charge in [-0.15, -0.1) is 0 Å². The standard InChI is InChI=1S/C14H16BrNO2/c15-12-6-3-11(4-7-12)5-8-14(18)16-9-1-2-13(17)10-16/h3-8,13,17H,1-2,9-10H2/b8-5+. The van der Waals surface area contributed by atoms with E-state index in [-0.39, 0.29) is 12.0 Å². The fourth-order valence-corrected chi connectivity index (χ4v) is 2.27. The summed E-state index contributed by atoms with van der Waals surface area (Å²) in [5, 5.41) is 9.52. The van der Waals surface area contributed by atoms with Crippen LogP contribution in [0.25, 0.3) is 6.08 Å². The summed E-state index contributed by atoms with van der Waals surface area (Å²) in [4.78, 5) is 13.6. The van der Waals surface area contributed by atoms with Gasteiger partial charge in [-0.2, -0.15) is 0 Å². The highest BCUT2D eigenvalue weighted by Crippen LogP contribution is 2.13. The lowest BCUT2D eigenvalue weighted by atomic mass is 10.1. The molecule has 96 valence electrons. The molecule has 1 N–H and O–H groups in total. The Morgan fingerprint density at radius 1 is 1.39 bits per heavy atom. The molecule has 0 aromatic heterocycles. The maximum atomic E-state index is 11.9. The van der Waals surface area contributed by atoms with Crippen LogP contribution in [0.1, 0.15) is 18.4 Å². The molecule has 0 saturated carbocycles. The number of nitrogens with zero attached hydrogens (tertiary/aromatic N) is 1. The smallest absolute Gasteiger partial charge is 0.246 e. The van der Waals surface area contributed by atoms with E-state index in [0.29, 0.717) is 6.54 Å². The van der Waals surface area contributed by atoms with Gasteiger partial charge in [-0.1, -0.05) is 28.1 Å². The van der Waals surface area contributed by atoms with E-state index in [2.05, 4.69) is 15.9 Å². The number of halogens is 1. The second kappa shape index (κ2) is 6.16. The van der Waals surface area contributed by atoms with Crippen LogP contribution in [0.15, 0.2) is 34.8 Å². The number of amides is 1. The third-order valence-electron chi connectivity index (χ3n) is 3.00. The molecule has 1 saturated heterocycles. The molecule has 1 aromatic rings. The first-order valence-corrected chi connectivity index (χ1v) is 6.85. The van der Waals surface area contributed by atoms with Crippen molar-refractivity contribution in [3.8, 4) is 0 Å². The number of aliphatic hydroxyl groups excluding tert-OH is 1. The predicted molar refractivity (Wildman–Crippen MR) is 75.0 cm³/mol. The molecule has 1 fully saturated rings. The molecule has 1 unspecified atom stereocenters. The molecule has 3 nitrogen and oxygen atoms in total. The molecule has 4 heteroatoms. The molecular formula is C14H16BrNO2. The first-order chi connectivity index (χ1) is 8.65. The van der Waals surface area contributed by atoms with Gasteiger partial charge >= 0.3 is 0 Å². The van der Waals surface area contributed by atoms with Crippen molar-refractivity contribution in [1.29, 1.82) is 0 Å². The quantitative estimate of drug-likeness (QED) is 0.853. The summed E-state index contributed by atoms with van der Waals surface area (Å²) in [7, 11) is 0. The summed E-state index contributed by atoms with van der Waals surface area (Å²) in [6.45, 7) is 1.18. The molecule has 0 radical (unpaired) electrons. The molecule has 0 bridgehead atoms. The van der Waals surface area contributed by atoms with Crippen molar-refractivity contribution in [1.82, 2.24) is 4.90 Å². The highest BCUT2D eigenvalue weighted by molar-refractivity contribution is 9.10. The Hall–Kier alpha value is -1.13. The molecular weight excluding hydrogens is 294 g/mol. The number of likely N-dealkylation sites (tertiary alicyclic amines) is 1. The van der Waals surface area contributed by atoms with Gasteiger partial charge in [-0.3, -0.25) is 4.79 Å². The molecule has 18 heavy (non-hydrogen) atoms. The van der Waals surface area contributed by atoms with Gasteiger partial charge in [-0.05, 0) is 36.6 Å². The van der Waals surface area contributed by atoms with E-state index in [1.54, 1.807) is 17.1 Å². The van der Waals surface area contributed by atoms with Crippen molar-refractivity contribution in [2.45, 2.75) is 18.9 Å². The summed E-state index contributed by atoms with van der Waals surface area (Å²) in [6, 6.07) is 7.77. The van der Waals surface area contributed by atoms with Gasteiger partial charge in [0.2, 0.25) is 5.91 Å². The fourth-order valence-electron chi connectivity index (χ4n) is 2.00. The van der Waals surface area contributed by atoms with E-state index in [0.717, 1.165) is 29.4 Å². The lowest BCUT2D eigenvalue weighted by molar-refractivity contribution is -0.128. The van der Waals surface area contributed by atoms with Crippen LogP contribution in [-0.2, 0) is 4.79 Å². The van der Waals surface area contributed by atoms with Crippen LogP contribution < -0.4 is 0 Å². The SMILES string of the molecule is O=C(/C=C/c1ccc(Br)cc1)N1CCCC(O)C1. The lowest BCUT2D eigenvalue weighted by Gasteiger charge is -2.29. The Labute approximate surface area is 115 Å². The van der Waals surface area contributed by atoms with Crippen molar-refractivity contribution in [2.24, 2.45) is 0 Å². The number of rotatable bonds is 2. The van der Waals surface area contributed by atoms with E-state index in [1.807, 2.05) is 24.3 Å². The zero-order chi connectivity index (χ0) is 13.0. The van der Waals surface area contributed by atoms with E-state index in [4.69, 9.17) is 0 Å². The number of β-amino-alcohol motifs (C(OH)–C–C–N with tert-alkyl or cyclic N) is 1. The number of hydrogen-bond donors (Lipinski definition) is 1. The van der Waals surface area contributed by atoms with Crippen LogP contribution in [0.5, 0.6) is 0 Å². The minimum absolute atomic E-state index is 0.0309. The molecule has 1 aliphatic heterocycles. The van der Waals surface area contributed by atoms with Crippen LogP contribution >= 0.6 is 15.9 Å². The number of piperidine rings is 1. The first-order valence-electron chi connectivity index (χ1n) is 6.06. The lowest BCUT2D eigenvalue weighted by Crippen LogP contribution is -2.41. The van der Waals surface area contributed by atoms with Crippen LogP contribution in [-0.4, -0.2) is 35.1 Å². The van der Waals surface area contributed by atoms with E-state index in [1.165, 1.54) is 0 Å². The Bertz CT molecular complexity index is 442. The second-order valence-corrected chi connectivity index (χ2v) is 5.38. The average Bonchev–Trinajstić information content (AvgIpc) is 2.38. The summed E-state index contributed by atoms with van der Waals surface area (Å²) in [5.41, 5.74) is 0.990. The van der Waals surface area contributed by atoms with Gasteiger partial charge in [0, 0.05) is 23.6 Å². The van der Waals surface area contributed by atoms with Gasteiger partial charge in [0.25, 0.3) is 0 Å². The molecule has 2 rings (SSSR count). The Morgan fingerprint density at radius 3 is 2.78 bits per heavy atom. The third kappa shape index (κ3) is 3.68.